The largest absolute Gasteiger partial charge is 0.463 e. The van der Waals surface area contributed by atoms with Crippen molar-refractivity contribution in [3.8, 4) is 0 Å². The predicted octanol–water partition coefficient (Wildman–Crippen LogP) is 5.02. The molecule has 12 heteroatoms. The van der Waals surface area contributed by atoms with E-state index in [0.717, 1.165) is 24.3 Å². The molecule has 1 unspecified atom stereocenters. The summed E-state index contributed by atoms with van der Waals surface area (Å²) in [4.78, 5) is 24.9. The van der Waals surface area contributed by atoms with Crippen molar-refractivity contribution in [2.24, 2.45) is 0 Å². The SMILES string of the molecule is CCOC(=O)C(NC(=O)c1cccc(Cl)c1)(Nc1cccc(C(F)(F)F)c1)C(F)(F)F. The van der Waals surface area contributed by atoms with Crippen LogP contribution in [0.2, 0.25) is 5.02 Å². The molecule has 0 saturated heterocycles. The second-order valence-corrected chi connectivity index (χ2v) is 6.57. The van der Waals surface area contributed by atoms with Crippen LogP contribution in [0.15, 0.2) is 48.5 Å². The van der Waals surface area contributed by atoms with Gasteiger partial charge in [0, 0.05) is 16.3 Å². The van der Waals surface area contributed by atoms with Gasteiger partial charge in [-0.15, -0.1) is 0 Å². The van der Waals surface area contributed by atoms with E-state index in [9.17, 15) is 35.9 Å². The summed E-state index contributed by atoms with van der Waals surface area (Å²) in [7, 11) is 0. The summed E-state index contributed by atoms with van der Waals surface area (Å²) in [6.45, 7) is 0.732. The molecule has 0 aromatic heterocycles. The average molecular weight is 469 g/mol. The summed E-state index contributed by atoms with van der Waals surface area (Å²) in [5, 5.41) is 3.23. The highest BCUT2D eigenvalue weighted by Gasteiger charge is 2.63. The van der Waals surface area contributed by atoms with Crippen molar-refractivity contribution < 1.29 is 40.7 Å². The molecule has 2 rings (SSSR count). The van der Waals surface area contributed by atoms with Gasteiger partial charge in [-0.05, 0) is 43.3 Å². The van der Waals surface area contributed by atoms with Crippen molar-refractivity contribution >= 4 is 29.2 Å². The van der Waals surface area contributed by atoms with Crippen LogP contribution < -0.4 is 10.6 Å². The van der Waals surface area contributed by atoms with Crippen molar-refractivity contribution in [1.82, 2.24) is 5.32 Å². The first kappa shape index (κ1) is 24.3. The van der Waals surface area contributed by atoms with Crippen LogP contribution in [-0.4, -0.2) is 30.3 Å². The normalized spacial score (nSPS) is 13.8. The molecule has 0 heterocycles. The number of carbonyl (C=O) groups is 2. The quantitative estimate of drug-likeness (QED) is 0.355. The highest BCUT2D eigenvalue weighted by atomic mass is 35.5. The number of carbonyl (C=O) groups excluding carboxylic acids is 2. The predicted molar refractivity (Wildman–Crippen MR) is 99.4 cm³/mol. The minimum absolute atomic E-state index is 0.0345. The van der Waals surface area contributed by atoms with E-state index in [1.165, 1.54) is 24.4 Å². The summed E-state index contributed by atoms with van der Waals surface area (Å²) in [5.41, 5.74) is -6.20. The molecule has 1 amide bonds. The Morgan fingerprint density at radius 2 is 1.65 bits per heavy atom. The number of amides is 1. The first-order chi connectivity index (χ1) is 14.3. The smallest absolute Gasteiger partial charge is 0.441 e. The summed E-state index contributed by atoms with van der Waals surface area (Å²) >= 11 is 5.74. The number of benzene rings is 2. The van der Waals surface area contributed by atoms with Crippen LogP contribution in [-0.2, 0) is 15.7 Å². The number of esters is 1. The fourth-order valence-electron chi connectivity index (χ4n) is 2.49. The van der Waals surface area contributed by atoms with Gasteiger partial charge in [0.15, 0.2) is 0 Å². The van der Waals surface area contributed by atoms with E-state index in [0.29, 0.717) is 12.1 Å². The van der Waals surface area contributed by atoms with Gasteiger partial charge in [0.05, 0.1) is 12.2 Å². The van der Waals surface area contributed by atoms with E-state index in [2.05, 4.69) is 4.74 Å². The number of ether oxygens (including phenoxy) is 1. The van der Waals surface area contributed by atoms with Crippen molar-refractivity contribution in [3.05, 3.63) is 64.7 Å². The number of alkyl halides is 6. The molecule has 2 aromatic carbocycles. The number of hydrogen-bond acceptors (Lipinski definition) is 4. The number of anilines is 1. The second-order valence-electron chi connectivity index (χ2n) is 6.14. The van der Waals surface area contributed by atoms with Crippen LogP contribution in [0.1, 0.15) is 22.8 Å². The molecule has 0 aliphatic carbocycles. The van der Waals surface area contributed by atoms with Gasteiger partial charge in [0.1, 0.15) is 0 Å². The Morgan fingerprint density at radius 1 is 1.00 bits per heavy atom. The summed E-state index contributed by atoms with van der Waals surface area (Å²) in [6, 6.07) is 7.56. The van der Waals surface area contributed by atoms with Crippen LogP contribution >= 0.6 is 11.6 Å². The average Bonchev–Trinajstić information content (AvgIpc) is 2.66. The van der Waals surface area contributed by atoms with Crippen LogP contribution in [0.3, 0.4) is 0 Å². The summed E-state index contributed by atoms with van der Waals surface area (Å²) < 4.78 is 85.7. The lowest BCUT2D eigenvalue weighted by Gasteiger charge is -2.35. The number of halogens is 7. The summed E-state index contributed by atoms with van der Waals surface area (Å²) in [5.74, 6) is -3.33. The fraction of sp³-hybridized carbons (Fsp3) is 0.263. The molecule has 0 saturated carbocycles. The van der Waals surface area contributed by atoms with Gasteiger partial charge in [-0.1, -0.05) is 23.7 Å². The lowest BCUT2D eigenvalue weighted by molar-refractivity contribution is -0.204. The van der Waals surface area contributed by atoms with E-state index in [1.54, 1.807) is 5.32 Å². The molecular formula is C19H15ClF6N2O3. The van der Waals surface area contributed by atoms with Crippen LogP contribution in [0, 0.1) is 0 Å². The van der Waals surface area contributed by atoms with E-state index < -0.39 is 47.7 Å². The molecule has 0 radical (unpaired) electrons. The molecule has 1 atom stereocenters. The van der Waals surface area contributed by atoms with Crippen molar-refractivity contribution in [3.63, 3.8) is 0 Å². The molecule has 0 aliphatic heterocycles. The zero-order valence-corrected chi connectivity index (χ0v) is 16.5. The van der Waals surface area contributed by atoms with E-state index in [4.69, 9.17) is 11.6 Å². The van der Waals surface area contributed by atoms with Gasteiger partial charge in [-0.2, -0.15) is 26.3 Å². The highest BCUT2D eigenvalue weighted by Crippen LogP contribution is 2.36. The van der Waals surface area contributed by atoms with Gasteiger partial charge in [0.2, 0.25) is 0 Å². The Labute approximate surface area is 177 Å². The van der Waals surface area contributed by atoms with Gasteiger partial charge in [0.25, 0.3) is 5.91 Å². The molecule has 0 bridgehead atoms. The summed E-state index contributed by atoms with van der Waals surface area (Å²) in [6.07, 6.45) is -10.4. The maximum absolute atomic E-state index is 14.1. The molecule has 31 heavy (non-hydrogen) atoms. The van der Waals surface area contributed by atoms with Crippen LogP contribution in [0.4, 0.5) is 32.0 Å². The minimum atomic E-state index is -5.51. The third kappa shape index (κ3) is 5.60. The van der Waals surface area contributed by atoms with Gasteiger partial charge in [-0.3, -0.25) is 4.79 Å². The lowest BCUT2D eigenvalue weighted by atomic mass is 10.1. The Kier molecular flexibility index (Phi) is 7.10. The number of rotatable bonds is 6. The first-order valence-electron chi connectivity index (χ1n) is 8.57. The van der Waals surface area contributed by atoms with Crippen molar-refractivity contribution in [2.45, 2.75) is 24.9 Å². The first-order valence-corrected chi connectivity index (χ1v) is 8.95. The van der Waals surface area contributed by atoms with Gasteiger partial charge >= 0.3 is 24.0 Å². The Hall–Kier alpha value is -2.95. The third-order valence-electron chi connectivity index (χ3n) is 3.92. The molecule has 0 fully saturated rings. The molecule has 2 N–H and O–H groups in total. The zero-order chi connectivity index (χ0) is 23.4. The maximum Gasteiger partial charge on any atom is 0.441 e. The van der Waals surface area contributed by atoms with E-state index in [-0.39, 0.29) is 10.6 Å². The Bertz CT molecular complexity index is 964. The molecule has 2 aromatic rings. The van der Waals surface area contributed by atoms with Gasteiger partial charge in [-0.25, -0.2) is 4.79 Å². The molecule has 168 valence electrons. The van der Waals surface area contributed by atoms with Crippen molar-refractivity contribution in [2.75, 3.05) is 11.9 Å². The Balaban J connectivity index is 2.56. The zero-order valence-electron chi connectivity index (χ0n) is 15.7. The van der Waals surface area contributed by atoms with E-state index in [1.807, 2.05) is 0 Å². The molecule has 0 spiro atoms. The number of hydrogen-bond donors (Lipinski definition) is 2. The minimum Gasteiger partial charge on any atom is -0.463 e. The third-order valence-corrected chi connectivity index (χ3v) is 4.15. The topological polar surface area (TPSA) is 67.4 Å². The highest BCUT2D eigenvalue weighted by molar-refractivity contribution is 6.31. The molecule has 5 nitrogen and oxygen atoms in total. The Morgan fingerprint density at radius 3 is 2.19 bits per heavy atom. The molecular weight excluding hydrogens is 454 g/mol. The monoisotopic (exact) mass is 468 g/mol. The van der Waals surface area contributed by atoms with E-state index >= 15 is 0 Å². The lowest BCUT2D eigenvalue weighted by Crippen LogP contribution is -2.69. The van der Waals surface area contributed by atoms with Crippen LogP contribution in [0.5, 0.6) is 0 Å². The maximum atomic E-state index is 14.1. The van der Waals surface area contributed by atoms with Crippen LogP contribution in [0.25, 0.3) is 0 Å². The number of nitrogens with one attached hydrogen (secondary N) is 2. The fourth-order valence-corrected chi connectivity index (χ4v) is 2.68. The van der Waals surface area contributed by atoms with Crippen molar-refractivity contribution in [1.29, 1.82) is 0 Å². The standard InChI is InChI=1S/C19H15ClF6N2O3/c1-2-31-16(30)17(19(24,25)26,28-15(29)11-5-3-7-13(20)9-11)27-14-8-4-6-12(10-14)18(21,22)23/h3-10,27H,2H2,1H3,(H,28,29). The second kappa shape index (κ2) is 9.04. The molecule has 0 aliphatic rings. The van der Waals surface area contributed by atoms with Gasteiger partial charge < -0.3 is 15.4 Å².